The summed E-state index contributed by atoms with van der Waals surface area (Å²) in [5, 5.41) is 9.98. The molecule has 0 fully saturated rings. The summed E-state index contributed by atoms with van der Waals surface area (Å²) in [6, 6.07) is 15.3. The smallest absolute Gasteiger partial charge is 0.236 e. The van der Waals surface area contributed by atoms with Crippen LogP contribution in [0.3, 0.4) is 0 Å². The summed E-state index contributed by atoms with van der Waals surface area (Å²) in [4.78, 5) is 0. The maximum Gasteiger partial charge on any atom is 0.236 e. The van der Waals surface area contributed by atoms with Crippen molar-refractivity contribution in [2.45, 2.75) is 77.8 Å². The zero-order valence-electron chi connectivity index (χ0n) is 22.9. The lowest BCUT2D eigenvalue weighted by Crippen LogP contribution is -2.18. The lowest BCUT2D eigenvalue weighted by Gasteiger charge is -2.12. The number of hydrogen-bond donors (Lipinski definition) is 2. The number of ether oxygens (including phenoxy) is 2. The number of hydrogen-bond acceptors (Lipinski definition) is 3. The normalized spacial score (nSPS) is 11.9. The zero-order chi connectivity index (χ0) is 25.9. The van der Waals surface area contributed by atoms with Crippen LogP contribution < -0.4 is 20.1 Å². The Kier molecular flexibility index (Phi) is 17.4. The van der Waals surface area contributed by atoms with E-state index in [1.165, 1.54) is 25.7 Å². The van der Waals surface area contributed by atoms with Crippen LogP contribution in [0, 0.1) is 11.8 Å². The molecule has 4 nitrogen and oxygen atoms in total. The number of benzene rings is 2. The molecular formula is C29H47AlN2O2S. The van der Waals surface area contributed by atoms with Crippen molar-refractivity contribution in [1.29, 1.82) is 0 Å². The first-order valence-corrected chi connectivity index (χ1v) is 15.9. The number of thiocarbonyl (C=S) groups is 1. The monoisotopic (exact) mass is 514 g/mol. The Labute approximate surface area is 226 Å². The summed E-state index contributed by atoms with van der Waals surface area (Å²) < 4.78 is 10.8. The molecule has 0 aliphatic heterocycles. The summed E-state index contributed by atoms with van der Waals surface area (Å²) in [6.07, 6.45) is 5.76. The molecule has 35 heavy (non-hydrogen) atoms. The highest BCUT2D eigenvalue weighted by Crippen LogP contribution is 2.18. The van der Waals surface area contributed by atoms with E-state index in [1.807, 2.05) is 62.4 Å². The van der Waals surface area contributed by atoms with Crippen LogP contribution in [-0.2, 0) is 0 Å². The van der Waals surface area contributed by atoms with E-state index in [-0.39, 0.29) is 0 Å². The van der Waals surface area contributed by atoms with Crippen molar-refractivity contribution in [1.82, 2.24) is 0 Å². The molecule has 0 saturated carbocycles. The van der Waals surface area contributed by atoms with E-state index in [4.69, 9.17) is 21.7 Å². The van der Waals surface area contributed by atoms with Crippen molar-refractivity contribution >= 4 is 43.9 Å². The topological polar surface area (TPSA) is 42.5 Å². The molecule has 0 spiro atoms. The van der Waals surface area contributed by atoms with E-state index >= 15 is 0 Å². The molecule has 0 bridgehead atoms. The first-order chi connectivity index (χ1) is 16.9. The van der Waals surface area contributed by atoms with E-state index in [0.29, 0.717) is 33.5 Å². The Morgan fingerprint density at radius 2 is 1.09 bits per heavy atom. The second-order valence-electron chi connectivity index (χ2n) is 9.16. The van der Waals surface area contributed by atoms with Crippen LogP contribution in [0.2, 0.25) is 10.6 Å². The van der Waals surface area contributed by atoms with Gasteiger partial charge in [0.25, 0.3) is 0 Å². The van der Waals surface area contributed by atoms with Gasteiger partial charge in [0.2, 0.25) is 15.2 Å². The molecule has 2 aromatic rings. The van der Waals surface area contributed by atoms with Gasteiger partial charge in [-0.3, -0.25) is 0 Å². The summed E-state index contributed by atoms with van der Waals surface area (Å²) in [7, 11) is 0. The van der Waals surface area contributed by atoms with Gasteiger partial charge in [-0.1, -0.05) is 63.9 Å². The Morgan fingerprint density at radius 3 is 1.40 bits per heavy atom. The van der Waals surface area contributed by atoms with Gasteiger partial charge in [-0.2, -0.15) is 0 Å². The molecule has 2 rings (SSSR count). The van der Waals surface area contributed by atoms with Gasteiger partial charge in [0.15, 0.2) is 5.11 Å². The lowest BCUT2D eigenvalue weighted by molar-refractivity contribution is 0.340. The molecule has 2 unspecified atom stereocenters. The van der Waals surface area contributed by atoms with Crippen LogP contribution in [0.15, 0.2) is 48.5 Å². The van der Waals surface area contributed by atoms with Gasteiger partial charge >= 0.3 is 0 Å². The molecule has 0 saturated heterocycles. The highest BCUT2D eigenvalue weighted by molar-refractivity contribution is 7.80. The van der Waals surface area contributed by atoms with Crippen molar-refractivity contribution in [3.8, 4) is 11.5 Å². The molecule has 0 amide bonds. The molecular weight excluding hydrogens is 467 g/mol. The van der Waals surface area contributed by atoms with Crippen molar-refractivity contribution in [2.24, 2.45) is 11.8 Å². The molecule has 6 heteroatoms. The third-order valence-electron chi connectivity index (χ3n) is 6.13. The minimum Gasteiger partial charge on any atom is -0.494 e. The highest BCUT2D eigenvalue weighted by atomic mass is 32.1. The Morgan fingerprint density at radius 1 is 0.714 bits per heavy atom. The van der Waals surface area contributed by atoms with E-state index < -0.39 is 0 Å². The Balaban J connectivity index is 0.000000405. The first-order valence-electron chi connectivity index (χ1n) is 13.4. The average Bonchev–Trinajstić information content (AvgIpc) is 2.86. The molecule has 0 aliphatic rings. The fourth-order valence-corrected chi connectivity index (χ4v) is 6.03. The molecule has 2 aromatic carbocycles. The molecule has 0 heterocycles. The van der Waals surface area contributed by atoms with Crippen LogP contribution in [0.25, 0.3) is 0 Å². The van der Waals surface area contributed by atoms with Crippen LogP contribution in [0.1, 0.15) is 67.2 Å². The van der Waals surface area contributed by atoms with Gasteiger partial charge in [-0.25, -0.2) is 0 Å². The van der Waals surface area contributed by atoms with E-state index in [0.717, 1.165) is 34.7 Å². The first kappa shape index (κ1) is 31.3. The predicted molar refractivity (Wildman–Crippen MR) is 160 cm³/mol. The second-order valence-corrected chi connectivity index (χ2v) is 11.7. The standard InChI is InChI=1S/C17H20N2O2S.2C6H13.Al.H/c1-3-20-15-9-5-13(6-10-15)18-17(22)19-14-7-11-16(12-8-14)21-4-2;2*1-4-6(3)5-2;;/h5-12H,3-4H2,1-2H3,(H2,18,19,22);2*6H,1,4-5H2,2-3H3;;. The third kappa shape index (κ3) is 15.1. The second kappa shape index (κ2) is 19.5. The largest absolute Gasteiger partial charge is 0.494 e. The zero-order valence-corrected chi connectivity index (χ0v) is 25.1. The molecule has 0 radical (unpaired) electrons. The van der Waals surface area contributed by atoms with Crippen molar-refractivity contribution in [3.63, 3.8) is 0 Å². The van der Waals surface area contributed by atoms with Crippen molar-refractivity contribution < 1.29 is 9.47 Å². The van der Waals surface area contributed by atoms with E-state index in [1.54, 1.807) is 10.6 Å². The SMILES string of the molecule is CCC(C)C[CH2][AlH][CH2]CC(C)CC.CCOc1ccc(NC(=S)Nc2ccc(OCC)cc2)cc1. The summed E-state index contributed by atoms with van der Waals surface area (Å²) in [6.45, 7) is 14.6. The molecule has 0 aliphatic carbocycles. The molecule has 0 aromatic heterocycles. The van der Waals surface area contributed by atoms with E-state index in [2.05, 4.69) is 38.3 Å². The minimum absolute atomic E-state index is 0.307. The molecule has 2 N–H and O–H groups in total. The quantitative estimate of drug-likeness (QED) is 0.150. The van der Waals surface area contributed by atoms with Gasteiger partial charge < -0.3 is 20.1 Å². The summed E-state index contributed by atoms with van der Waals surface area (Å²) in [5.74, 6) is 3.66. The number of rotatable bonds is 14. The number of nitrogens with one attached hydrogen (secondary N) is 2. The summed E-state index contributed by atoms with van der Waals surface area (Å²) >= 11 is 5.61. The van der Waals surface area contributed by atoms with Crippen LogP contribution in [0.5, 0.6) is 11.5 Å². The van der Waals surface area contributed by atoms with Crippen LogP contribution in [0.4, 0.5) is 11.4 Å². The van der Waals surface area contributed by atoms with Gasteiger partial charge in [-0.15, -0.1) is 0 Å². The van der Waals surface area contributed by atoms with Gasteiger partial charge in [-0.05, 0) is 86.4 Å². The molecule has 2 atom stereocenters. The van der Waals surface area contributed by atoms with Crippen molar-refractivity contribution in [3.05, 3.63) is 48.5 Å². The third-order valence-corrected chi connectivity index (χ3v) is 8.15. The minimum atomic E-state index is 0.307. The maximum atomic E-state index is 5.40. The van der Waals surface area contributed by atoms with Crippen LogP contribution >= 0.6 is 12.2 Å². The van der Waals surface area contributed by atoms with Crippen LogP contribution in [-0.4, -0.2) is 33.5 Å². The molecule has 194 valence electrons. The summed E-state index contributed by atoms with van der Waals surface area (Å²) in [5.41, 5.74) is 1.82. The van der Waals surface area contributed by atoms with Gasteiger partial charge in [0, 0.05) is 11.4 Å². The van der Waals surface area contributed by atoms with Crippen molar-refractivity contribution in [2.75, 3.05) is 23.8 Å². The maximum absolute atomic E-state index is 5.40. The predicted octanol–water partition coefficient (Wildman–Crippen LogP) is 8.42. The lowest BCUT2D eigenvalue weighted by atomic mass is 10.1. The van der Waals surface area contributed by atoms with Gasteiger partial charge in [0.1, 0.15) is 11.5 Å². The average molecular weight is 515 g/mol. The fraction of sp³-hybridized carbons (Fsp3) is 0.552. The Hall–Kier alpha value is -1.74. The fourth-order valence-electron chi connectivity index (χ4n) is 3.47. The van der Waals surface area contributed by atoms with E-state index in [9.17, 15) is 0 Å². The Bertz CT molecular complexity index is 734. The van der Waals surface area contributed by atoms with Gasteiger partial charge in [0.05, 0.1) is 13.2 Å². The highest BCUT2D eigenvalue weighted by Gasteiger charge is 2.03. The number of anilines is 2.